The number of hydrogen-bond donors (Lipinski definition) is 0. The summed E-state index contributed by atoms with van der Waals surface area (Å²) in [5, 5.41) is 16.4. The summed E-state index contributed by atoms with van der Waals surface area (Å²) in [7, 11) is 0. The Bertz CT molecular complexity index is 1160. The molecule has 0 aliphatic heterocycles. The molecule has 5 heteroatoms. The minimum absolute atomic E-state index is 0.0716. The molecule has 0 saturated heterocycles. The number of para-hydroxylation sites is 2. The fourth-order valence-corrected chi connectivity index (χ4v) is 4.47. The maximum absolute atomic E-state index is 11.6. The first-order chi connectivity index (χ1) is 14.9. The summed E-state index contributed by atoms with van der Waals surface area (Å²) < 4.78 is 1.79. The Morgan fingerprint density at radius 1 is 1.13 bits per heavy atom. The minimum atomic E-state index is -0.341. The van der Waals surface area contributed by atoms with Crippen LogP contribution in [0, 0.1) is 21.4 Å². The van der Waals surface area contributed by atoms with Crippen molar-refractivity contribution in [2.24, 2.45) is 11.3 Å². The van der Waals surface area contributed by atoms with Gasteiger partial charge in [0.15, 0.2) is 0 Å². The van der Waals surface area contributed by atoms with E-state index in [1.807, 2.05) is 48.5 Å². The second kappa shape index (κ2) is 8.34. The van der Waals surface area contributed by atoms with Crippen LogP contribution >= 0.6 is 0 Å². The molecule has 1 aromatic heterocycles. The van der Waals surface area contributed by atoms with Gasteiger partial charge >= 0.3 is 0 Å². The largest absolute Gasteiger partial charge is 0.278 e. The fourth-order valence-electron chi connectivity index (χ4n) is 4.47. The molecule has 0 radical (unpaired) electrons. The van der Waals surface area contributed by atoms with E-state index in [1.165, 1.54) is 11.6 Å². The second-order valence-electron chi connectivity index (χ2n) is 8.79. The van der Waals surface area contributed by atoms with Crippen LogP contribution in [-0.2, 0) is 0 Å². The third-order valence-corrected chi connectivity index (χ3v) is 6.15. The molecule has 0 bridgehead atoms. The summed E-state index contributed by atoms with van der Waals surface area (Å²) in [6.45, 7) is 6.80. The van der Waals surface area contributed by atoms with E-state index in [1.54, 1.807) is 16.8 Å². The lowest BCUT2D eigenvalue weighted by atomic mass is 9.68. The van der Waals surface area contributed by atoms with Gasteiger partial charge in [0.2, 0.25) is 0 Å². The van der Waals surface area contributed by atoms with Crippen LogP contribution in [0.4, 0.5) is 5.69 Å². The SMILES string of the molecule is CC1=CCCC(C)(C)C1/C=C/c1cc(-c2ccccc2[N+](=O)[O-])n(-c2ccccc2)n1. The van der Waals surface area contributed by atoms with Gasteiger partial charge in [-0.3, -0.25) is 10.1 Å². The van der Waals surface area contributed by atoms with Crippen LogP contribution in [0.3, 0.4) is 0 Å². The number of rotatable bonds is 5. The number of aromatic nitrogens is 2. The molecule has 0 amide bonds. The maximum Gasteiger partial charge on any atom is 0.278 e. The smallest absolute Gasteiger partial charge is 0.258 e. The molecule has 0 fully saturated rings. The lowest BCUT2D eigenvalue weighted by Crippen LogP contribution is -2.26. The molecule has 1 aliphatic rings. The molecule has 31 heavy (non-hydrogen) atoms. The van der Waals surface area contributed by atoms with Crippen molar-refractivity contribution in [1.29, 1.82) is 0 Å². The molecule has 1 aliphatic carbocycles. The molecule has 0 N–H and O–H groups in total. The Morgan fingerprint density at radius 3 is 2.55 bits per heavy atom. The van der Waals surface area contributed by atoms with Gasteiger partial charge in [-0.05, 0) is 55.5 Å². The van der Waals surface area contributed by atoms with Gasteiger partial charge in [0, 0.05) is 12.0 Å². The van der Waals surface area contributed by atoms with Gasteiger partial charge < -0.3 is 0 Å². The van der Waals surface area contributed by atoms with E-state index >= 15 is 0 Å². The number of hydrogen-bond acceptors (Lipinski definition) is 3. The highest BCUT2D eigenvalue weighted by Gasteiger charge is 2.30. The first-order valence-electron chi connectivity index (χ1n) is 10.6. The van der Waals surface area contributed by atoms with Crippen molar-refractivity contribution in [3.8, 4) is 16.9 Å². The molecule has 5 nitrogen and oxygen atoms in total. The van der Waals surface area contributed by atoms with E-state index in [4.69, 9.17) is 5.10 Å². The highest BCUT2D eigenvalue weighted by molar-refractivity contribution is 5.74. The summed E-state index contributed by atoms with van der Waals surface area (Å²) in [5.41, 5.74) is 4.55. The van der Waals surface area contributed by atoms with Crippen LogP contribution in [0.25, 0.3) is 23.0 Å². The molecule has 0 saturated carbocycles. The summed E-state index contributed by atoms with van der Waals surface area (Å²) in [4.78, 5) is 11.3. The highest BCUT2D eigenvalue weighted by atomic mass is 16.6. The van der Waals surface area contributed by atoms with Gasteiger partial charge in [-0.2, -0.15) is 5.10 Å². The van der Waals surface area contributed by atoms with Crippen LogP contribution in [0.15, 0.2) is 78.4 Å². The van der Waals surface area contributed by atoms with Crippen LogP contribution in [0.2, 0.25) is 0 Å². The van der Waals surface area contributed by atoms with Crippen molar-refractivity contribution in [2.45, 2.75) is 33.6 Å². The second-order valence-corrected chi connectivity index (χ2v) is 8.79. The number of nitro benzene ring substituents is 1. The monoisotopic (exact) mass is 413 g/mol. The van der Waals surface area contributed by atoms with Crippen LogP contribution in [0.1, 0.15) is 39.3 Å². The van der Waals surface area contributed by atoms with E-state index in [-0.39, 0.29) is 16.0 Å². The molecule has 1 heterocycles. The van der Waals surface area contributed by atoms with Gasteiger partial charge in [0.1, 0.15) is 0 Å². The Kier molecular flexibility index (Phi) is 5.59. The summed E-state index contributed by atoms with van der Waals surface area (Å²) in [5.74, 6) is 0.345. The van der Waals surface area contributed by atoms with E-state index in [9.17, 15) is 10.1 Å². The normalized spacial score (nSPS) is 18.2. The average molecular weight is 414 g/mol. The fraction of sp³-hybridized carbons (Fsp3) is 0.269. The summed E-state index contributed by atoms with van der Waals surface area (Å²) >= 11 is 0. The Hall–Kier alpha value is -3.47. The van der Waals surface area contributed by atoms with Crippen molar-refractivity contribution in [3.05, 3.63) is 94.2 Å². The molecular weight excluding hydrogens is 386 g/mol. The molecule has 1 atom stereocenters. The van der Waals surface area contributed by atoms with Gasteiger partial charge in [0.25, 0.3) is 5.69 Å². The first-order valence-corrected chi connectivity index (χ1v) is 10.6. The Morgan fingerprint density at radius 2 is 1.84 bits per heavy atom. The van der Waals surface area contributed by atoms with Crippen molar-refractivity contribution in [3.63, 3.8) is 0 Å². The standard InChI is InChI=1S/C26H27N3O2/c1-19-10-9-17-26(2,3)23(19)16-15-20-18-25(22-13-7-8-14-24(22)29(30)31)28(27-20)21-11-5-4-6-12-21/h4-8,10-16,18,23H,9,17H2,1-3H3/b16-15+. The molecule has 0 spiro atoms. The highest BCUT2D eigenvalue weighted by Crippen LogP contribution is 2.42. The van der Waals surface area contributed by atoms with E-state index in [0.717, 1.165) is 24.2 Å². The van der Waals surface area contributed by atoms with Crippen LogP contribution < -0.4 is 0 Å². The molecule has 158 valence electrons. The van der Waals surface area contributed by atoms with Crippen molar-refractivity contribution in [2.75, 3.05) is 0 Å². The molecule has 1 unspecified atom stereocenters. The minimum Gasteiger partial charge on any atom is -0.258 e. The average Bonchev–Trinajstić information content (AvgIpc) is 3.17. The van der Waals surface area contributed by atoms with Crippen molar-refractivity contribution < 1.29 is 4.92 Å². The van der Waals surface area contributed by atoms with Gasteiger partial charge in [0.05, 0.1) is 27.6 Å². The summed E-state index contributed by atoms with van der Waals surface area (Å²) in [6, 6.07) is 18.5. The molecule has 2 aromatic carbocycles. The lowest BCUT2D eigenvalue weighted by molar-refractivity contribution is -0.384. The quantitative estimate of drug-likeness (QED) is 0.261. The first kappa shape index (κ1) is 20.8. The number of benzene rings is 2. The zero-order valence-corrected chi connectivity index (χ0v) is 18.2. The number of allylic oxidation sites excluding steroid dienone is 3. The third kappa shape index (κ3) is 4.22. The van der Waals surface area contributed by atoms with E-state index < -0.39 is 0 Å². The Labute approximate surface area is 182 Å². The maximum atomic E-state index is 11.6. The Balaban J connectivity index is 1.81. The predicted octanol–water partition coefficient (Wildman–Crippen LogP) is 6.84. The van der Waals surface area contributed by atoms with Gasteiger partial charge in [-0.25, -0.2) is 4.68 Å². The molecule has 4 rings (SSSR count). The van der Waals surface area contributed by atoms with Crippen LogP contribution in [0.5, 0.6) is 0 Å². The zero-order valence-electron chi connectivity index (χ0n) is 18.2. The van der Waals surface area contributed by atoms with E-state index in [2.05, 4.69) is 32.9 Å². The van der Waals surface area contributed by atoms with Gasteiger partial charge in [-0.15, -0.1) is 0 Å². The summed E-state index contributed by atoms with van der Waals surface area (Å²) in [6.07, 6.45) is 8.87. The topological polar surface area (TPSA) is 61.0 Å². The van der Waals surface area contributed by atoms with E-state index in [0.29, 0.717) is 17.2 Å². The molecule has 3 aromatic rings. The predicted molar refractivity (Wildman–Crippen MR) is 125 cm³/mol. The lowest BCUT2D eigenvalue weighted by Gasteiger charge is -2.36. The number of nitro groups is 1. The number of nitrogens with zero attached hydrogens (tertiary/aromatic N) is 3. The molecular formula is C26H27N3O2. The third-order valence-electron chi connectivity index (χ3n) is 6.15. The van der Waals surface area contributed by atoms with Crippen molar-refractivity contribution >= 4 is 11.8 Å². The van der Waals surface area contributed by atoms with Crippen LogP contribution in [-0.4, -0.2) is 14.7 Å². The van der Waals surface area contributed by atoms with Crippen molar-refractivity contribution in [1.82, 2.24) is 9.78 Å². The van der Waals surface area contributed by atoms with Gasteiger partial charge in [-0.1, -0.05) is 61.9 Å². The zero-order chi connectivity index (χ0) is 22.0.